The van der Waals surface area contributed by atoms with Gasteiger partial charge in [-0.3, -0.25) is 4.98 Å². The van der Waals surface area contributed by atoms with Crippen molar-refractivity contribution in [3.8, 4) is 0 Å². The van der Waals surface area contributed by atoms with Crippen molar-refractivity contribution in [2.45, 2.75) is 18.9 Å². The van der Waals surface area contributed by atoms with Crippen LogP contribution < -0.4 is 0 Å². The summed E-state index contributed by atoms with van der Waals surface area (Å²) in [4.78, 5) is 3.77. The molecule has 0 unspecified atom stereocenters. The highest BCUT2D eigenvalue weighted by atomic mass is 35.5. The fourth-order valence-corrected chi connectivity index (χ4v) is 1.17. The first-order chi connectivity index (χ1) is 6.19. The highest BCUT2D eigenvalue weighted by molar-refractivity contribution is 6.17. The number of hydrogen-bond donors (Lipinski definition) is 1. The minimum Gasteiger partial charge on any atom is -0.390 e. The van der Waals surface area contributed by atoms with E-state index in [1.165, 1.54) is 12.1 Å². The Hall–Kier alpha value is -0.740. The molecule has 0 fully saturated rings. The van der Waals surface area contributed by atoms with Gasteiger partial charge in [0.05, 0.1) is 23.9 Å². The Morgan fingerprint density at radius 1 is 1.46 bits per heavy atom. The summed E-state index contributed by atoms with van der Waals surface area (Å²) in [6, 6.07) is 2.60. The number of aliphatic hydroxyl groups excluding tert-OH is 1. The Bertz CT molecular complexity index is 293. The van der Waals surface area contributed by atoms with Gasteiger partial charge in [-0.15, -0.1) is 11.6 Å². The number of hydrogen-bond acceptors (Lipinski definition) is 2. The summed E-state index contributed by atoms with van der Waals surface area (Å²) < 4.78 is 24.6. The molecule has 0 atom stereocenters. The van der Waals surface area contributed by atoms with E-state index < -0.39 is 6.43 Å². The van der Waals surface area contributed by atoms with Crippen molar-refractivity contribution >= 4 is 11.6 Å². The molecule has 1 N–H and O–H groups in total. The molecule has 0 radical (unpaired) electrons. The molecule has 0 bridgehead atoms. The van der Waals surface area contributed by atoms with Gasteiger partial charge in [-0.2, -0.15) is 0 Å². The van der Waals surface area contributed by atoms with Crippen LogP contribution in [0.15, 0.2) is 12.1 Å². The predicted octanol–water partition coefficient (Wildman–Crippen LogP) is 2.25. The van der Waals surface area contributed by atoms with Gasteiger partial charge < -0.3 is 5.11 Å². The molecule has 1 aromatic heterocycles. The molecule has 1 aromatic rings. The van der Waals surface area contributed by atoms with Gasteiger partial charge in [0.2, 0.25) is 0 Å². The fraction of sp³-hybridized carbons (Fsp3) is 0.375. The van der Waals surface area contributed by atoms with Crippen LogP contribution in [0.3, 0.4) is 0 Å². The number of pyridine rings is 1. The van der Waals surface area contributed by atoms with Gasteiger partial charge in [-0.1, -0.05) is 0 Å². The lowest BCUT2D eigenvalue weighted by molar-refractivity contribution is 0.149. The van der Waals surface area contributed by atoms with E-state index in [0.29, 0.717) is 5.69 Å². The van der Waals surface area contributed by atoms with E-state index in [0.717, 1.165) is 0 Å². The van der Waals surface area contributed by atoms with E-state index in [2.05, 4.69) is 4.98 Å². The van der Waals surface area contributed by atoms with Gasteiger partial charge in [0.25, 0.3) is 6.43 Å². The molecule has 13 heavy (non-hydrogen) atoms. The summed E-state index contributed by atoms with van der Waals surface area (Å²) in [7, 11) is 0. The van der Waals surface area contributed by atoms with Crippen LogP contribution in [0.2, 0.25) is 0 Å². The predicted molar refractivity (Wildman–Crippen MR) is 44.7 cm³/mol. The van der Waals surface area contributed by atoms with Gasteiger partial charge in [0.15, 0.2) is 0 Å². The molecular weight excluding hydrogens is 200 g/mol. The molecular formula is C8H8ClF2NO. The van der Waals surface area contributed by atoms with E-state index in [9.17, 15) is 8.78 Å². The maximum Gasteiger partial charge on any atom is 0.265 e. The molecule has 1 rings (SSSR count). The zero-order chi connectivity index (χ0) is 9.84. The number of halogens is 3. The first kappa shape index (κ1) is 10.3. The quantitative estimate of drug-likeness (QED) is 0.772. The molecule has 0 aromatic carbocycles. The summed E-state index contributed by atoms with van der Waals surface area (Å²) in [5, 5.41) is 8.69. The largest absolute Gasteiger partial charge is 0.390 e. The number of alkyl halides is 3. The molecule has 0 amide bonds. The minimum absolute atomic E-state index is 0.0759. The lowest BCUT2D eigenvalue weighted by atomic mass is 10.2. The summed E-state index contributed by atoms with van der Waals surface area (Å²) in [6.07, 6.45) is -2.58. The Morgan fingerprint density at radius 2 is 2.15 bits per heavy atom. The van der Waals surface area contributed by atoms with Crippen molar-refractivity contribution in [1.29, 1.82) is 0 Å². The van der Waals surface area contributed by atoms with Crippen LogP contribution in [-0.4, -0.2) is 10.1 Å². The third-order valence-electron chi connectivity index (χ3n) is 1.59. The van der Waals surface area contributed by atoms with E-state index >= 15 is 0 Å². The first-order valence-electron chi connectivity index (χ1n) is 3.62. The van der Waals surface area contributed by atoms with E-state index in [4.69, 9.17) is 16.7 Å². The SMILES string of the molecule is OCc1ccc(C(F)F)c(CCl)n1. The van der Waals surface area contributed by atoms with Crippen LogP contribution in [0.5, 0.6) is 0 Å². The van der Waals surface area contributed by atoms with E-state index in [1.54, 1.807) is 0 Å². The van der Waals surface area contributed by atoms with Crippen molar-refractivity contribution in [2.75, 3.05) is 0 Å². The van der Waals surface area contributed by atoms with Gasteiger partial charge in [0, 0.05) is 5.56 Å². The average Bonchev–Trinajstić information content (AvgIpc) is 2.16. The topological polar surface area (TPSA) is 33.1 Å². The Balaban J connectivity index is 3.08. The van der Waals surface area contributed by atoms with Crippen LogP contribution in [-0.2, 0) is 12.5 Å². The van der Waals surface area contributed by atoms with Gasteiger partial charge in [0.1, 0.15) is 0 Å². The molecule has 1 heterocycles. The molecule has 0 aliphatic heterocycles. The molecule has 0 saturated heterocycles. The summed E-state index contributed by atoms with van der Waals surface area (Å²) in [5.74, 6) is -0.0759. The molecule has 0 aliphatic carbocycles. The monoisotopic (exact) mass is 207 g/mol. The number of nitrogens with zero attached hydrogens (tertiary/aromatic N) is 1. The average molecular weight is 208 g/mol. The van der Waals surface area contributed by atoms with Crippen molar-refractivity contribution in [3.63, 3.8) is 0 Å². The third-order valence-corrected chi connectivity index (χ3v) is 1.84. The number of aromatic nitrogens is 1. The number of rotatable bonds is 3. The summed E-state index contributed by atoms with van der Waals surface area (Å²) in [5.41, 5.74) is 0.301. The van der Waals surface area contributed by atoms with Crippen molar-refractivity contribution in [1.82, 2.24) is 4.98 Å². The molecule has 0 saturated carbocycles. The van der Waals surface area contributed by atoms with Gasteiger partial charge in [-0.05, 0) is 12.1 Å². The second-order valence-corrected chi connectivity index (χ2v) is 2.70. The van der Waals surface area contributed by atoms with Crippen LogP contribution in [0.25, 0.3) is 0 Å². The smallest absolute Gasteiger partial charge is 0.265 e. The minimum atomic E-state index is -2.58. The van der Waals surface area contributed by atoms with Crippen LogP contribution >= 0.6 is 11.6 Å². The third kappa shape index (κ3) is 2.35. The molecule has 0 aliphatic rings. The van der Waals surface area contributed by atoms with Crippen molar-refractivity contribution in [2.24, 2.45) is 0 Å². The molecule has 2 nitrogen and oxygen atoms in total. The van der Waals surface area contributed by atoms with Crippen LogP contribution in [0.4, 0.5) is 8.78 Å². The Morgan fingerprint density at radius 3 is 2.62 bits per heavy atom. The second kappa shape index (κ2) is 4.48. The Kier molecular flexibility index (Phi) is 3.57. The lowest BCUT2D eigenvalue weighted by Gasteiger charge is -2.06. The molecule has 5 heteroatoms. The maximum atomic E-state index is 12.3. The zero-order valence-electron chi connectivity index (χ0n) is 6.67. The lowest BCUT2D eigenvalue weighted by Crippen LogP contribution is -1.99. The standard InChI is InChI=1S/C8H8ClF2NO/c9-3-7-6(8(10)11)2-1-5(4-13)12-7/h1-2,8,13H,3-4H2. The highest BCUT2D eigenvalue weighted by Crippen LogP contribution is 2.23. The zero-order valence-corrected chi connectivity index (χ0v) is 7.43. The maximum absolute atomic E-state index is 12.3. The fourth-order valence-electron chi connectivity index (χ4n) is 0.951. The Labute approximate surface area is 79.2 Å². The summed E-state index contributed by atoms with van der Waals surface area (Å²) >= 11 is 5.43. The van der Waals surface area contributed by atoms with Gasteiger partial charge >= 0.3 is 0 Å². The second-order valence-electron chi connectivity index (χ2n) is 2.43. The van der Waals surface area contributed by atoms with Crippen molar-refractivity contribution < 1.29 is 13.9 Å². The van der Waals surface area contributed by atoms with Crippen molar-refractivity contribution in [3.05, 3.63) is 29.1 Å². The molecule has 72 valence electrons. The normalized spacial score (nSPS) is 10.8. The summed E-state index contributed by atoms with van der Waals surface area (Å²) in [6.45, 7) is -0.270. The van der Waals surface area contributed by atoms with Gasteiger partial charge in [-0.25, -0.2) is 8.78 Å². The van der Waals surface area contributed by atoms with Crippen LogP contribution in [0.1, 0.15) is 23.4 Å². The first-order valence-corrected chi connectivity index (χ1v) is 4.16. The molecule has 0 spiro atoms. The highest BCUT2D eigenvalue weighted by Gasteiger charge is 2.13. The van der Waals surface area contributed by atoms with E-state index in [1.807, 2.05) is 0 Å². The van der Waals surface area contributed by atoms with Crippen LogP contribution in [0, 0.1) is 0 Å². The number of aliphatic hydroxyl groups is 1. The van der Waals surface area contributed by atoms with E-state index in [-0.39, 0.29) is 23.7 Å².